The summed E-state index contributed by atoms with van der Waals surface area (Å²) in [6, 6.07) is 6.52. The second-order valence-corrected chi connectivity index (χ2v) is 3.13. The third kappa shape index (κ3) is 1.38. The zero-order valence-corrected chi connectivity index (χ0v) is 7.30. The molecule has 1 aromatic carbocycles. The molecular weight excluding hydrogens is 190 g/mol. The fraction of sp³-hybridized carbons (Fsp3) is 0. The van der Waals surface area contributed by atoms with Gasteiger partial charge in [-0.15, -0.1) is 0 Å². The van der Waals surface area contributed by atoms with Gasteiger partial charge in [0.1, 0.15) is 5.15 Å². The molecule has 4 heteroatoms. The maximum absolute atomic E-state index is 10.6. The van der Waals surface area contributed by atoms with E-state index in [-0.39, 0.29) is 5.56 Å². The lowest BCUT2D eigenvalue weighted by Crippen LogP contribution is -1.94. The van der Waals surface area contributed by atoms with E-state index in [2.05, 4.69) is 4.98 Å². The van der Waals surface area contributed by atoms with E-state index >= 15 is 0 Å². The second-order valence-electron chi connectivity index (χ2n) is 2.72. The number of hydrogen-bond donors (Lipinski definition) is 2. The van der Waals surface area contributed by atoms with Gasteiger partial charge in [-0.1, -0.05) is 11.6 Å². The van der Waals surface area contributed by atoms with Gasteiger partial charge >= 0.3 is 5.97 Å². The van der Waals surface area contributed by atoms with Gasteiger partial charge in [-0.3, -0.25) is 0 Å². The molecule has 0 spiro atoms. The van der Waals surface area contributed by atoms with Crippen molar-refractivity contribution in [2.24, 2.45) is 0 Å². The van der Waals surface area contributed by atoms with E-state index in [0.717, 1.165) is 10.9 Å². The van der Waals surface area contributed by atoms with Crippen LogP contribution in [0.25, 0.3) is 10.9 Å². The zero-order valence-electron chi connectivity index (χ0n) is 6.54. The normalized spacial score (nSPS) is 10.5. The summed E-state index contributed by atoms with van der Waals surface area (Å²) >= 11 is 5.71. The van der Waals surface area contributed by atoms with Crippen molar-refractivity contribution >= 4 is 28.5 Å². The molecule has 1 aromatic heterocycles. The van der Waals surface area contributed by atoms with E-state index in [0.29, 0.717) is 5.15 Å². The molecule has 66 valence electrons. The Labute approximate surface area is 78.9 Å². The fourth-order valence-corrected chi connectivity index (χ4v) is 1.45. The quantitative estimate of drug-likeness (QED) is 0.735. The Morgan fingerprint density at radius 2 is 2.15 bits per heavy atom. The number of halogens is 1. The third-order valence-electron chi connectivity index (χ3n) is 1.83. The van der Waals surface area contributed by atoms with Crippen molar-refractivity contribution in [3.63, 3.8) is 0 Å². The maximum atomic E-state index is 10.6. The highest BCUT2D eigenvalue weighted by Crippen LogP contribution is 2.19. The molecule has 0 saturated carbocycles. The molecule has 0 fully saturated rings. The number of aromatic amines is 1. The minimum Gasteiger partial charge on any atom is -0.478 e. The minimum atomic E-state index is -0.931. The number of fused-ring (bicyclic) bond motifs is 1. The van der Waals surface area contributed by atoms with Crippen LogP contribution in [-0.2, 0) is 0 Å². The van der Waals surface area contributed by atoms with Gasteiger partial charge in [0, 0.05) is 10.9 Å². The molecule has 0 amide bonds. The molecule has 0 aliphatic heterocycles. The Morgan fingerprint density at radius 1 is 1.38 bits per heavy atom. The van der Waals surface area contributed by atoms with Crippen LogP contribution in [-0.4, -0.2) is 16.1 Å². The van der Waals surface area contributed by atoms with Gasteiger partial charge in [0.15, 0.2) is 0 Å². The van der Waals surface area contributed by atoms with Crippen LogP contribution >= 0.6 is 11.6 Å². The van der Waals surface area contributed by atoms with Gasteiger partial charge in [0.25, 0.3) is 0 Å². The average Bonchev–Trinajstić information content (AvgIpc) is 2.42. The van der Waals surface area contributed by atoms with Gasteiger partial charge in [-0.05, 0) is 24.3 Å². The van der Waals surface area contributed by atoms with Crippen LogP contribution in [0.1, 0.15) is 10.4 Å². The Bertz CT molecular complexity index is 475. The Morgan fingerprint density at radius 3 is 2.85 bits per heavy atom. The van der Waals surface area contributed by atoms with E-state index in [1.165, 1.54) is 6.07 Å². The van der Waals surface area contributed by atoms with Gasteiger partial charge in [0.05, 0.1) is 5.56 Å². The van der Waals surface area contributed by atoms with Crippen LogP contribution in [0.3, 0.4) is 0 Å². The van der Waals surface area contributed by atoms with Crippen molar-refractivity contribution in [2.45, 2.75) is 0 Å². The highest BCUT2D eigenvalue weighted by Gasteiger charge is 2.04. The minimum absolute atomic E-state index is 0.267. The van der Waals surface area contributed by atoms with E-state index < -0.39 is 5.97 Å². The summed E-state index contributed by atoms with van der Waals surface area (Å²) in [5.74, 6) is -0.931. The number of carbonyl (C=O) groups is 1. The van der Waals surface area contributed by atoms with Crippen LogP contribution in [0.2, 0.25) is 5.15 Å². The number of benzene rings is 1. The molecule has 0 bridgehead atoms. The van der Waals surface area contributed by atoms with E-state index in [1.807, 2.05) is 0 Å². The fourth-order valence-electron chi connectivity index (χ4n) is 1.23. The number of carboxylic acids is 1. The second kappa shape index (κ2) is 2.78. The van der Waals surface area contributed by atoms with Crippen molar-refractivity contribution < 1.29 is 9.90 Å². The van der Waals surface area contributed by atoms with Crippen molar-refractivity contribution in [2.75, 3.05) is 0 Å². The SMILES string of the molecule is O=C(O)c1ccc2[nH]c(Cl)cc2c1. The number of rotatable bonds is 1. The number of aromatic carboxylic acids is 1. The standard InChI is InChI=1S/C9H6ClNO2/c10-8-4-6-3-5(9(12)13)1-2-7(6)11-8/h1-4,11H,(H,12,13). The smallest absolute Gasteiger partial charge is 0.335 e. The lowest BCUT2D eigenvalue weighted by molar-refractivity contribution is 0.0697. The number of nitrogens with one attached hydrogen (secondary N) is 1. The van der Waals surface area contributed by atoms with E-state index in [1.54, 1.807) is 18.2 Å². The molecule has 0 aliphatic carbocycles. The number of H-pyrrole nitrogens is 1. The molecular formula is C9H6ClNO2. The van der Waals surface area contributed by atoms with Crippen LogP contribution in [0.5, 0.6) is 0 Å². The number of carboxylic acid groups (broad SMARTS) is 1. The third-order valence-corrected chi connectivity index (χ3v) is 2.04. The van der Waals surface area contributed by atoms with E-state index in [9.17, 15) is 4.79 Å². The van der Waals surface area contributed by atoms with E-state index in [4.69, 9.17) is 16.7 Å². The molecule has 0 unspecified atom stereocenters. The molecule has 0 aliphatic rings. The molecule has 0 radical (unpaired) electrons. The highest BCUT2D eigenvalue weighted by atomic mass is 35.5. The zero-order chi connectivity index (χ0) is 9.42. The number of aromatic nitrogens is 1. The monoisotopic (exact) mass is 195 g/mol. The van der Waals surface area contributed by atoms with Crippen LogP contribution in [0.4, 0.5) is 0 Å². The van der Waals surface area contributed by atoms with Gasteiger partial charge in [0.2, 0.25) is 0 Å². The topological polar surface area (TPSA) is 53.1 Å². The molecule has 0 atom stereocenters. The summed E-state index contributed by atoms with van der Waals surface area (Å²) < 4.78 is 0. The Kier molecular flexibility index (Phi) is 1.74. The van der Waals surface area contributed by atoms with Crippen molar-refractivity contribution in [1.29, 1.82) is 0 Å². The summed E-state index contributed by atoms with van der Waals surface area (Å²) in [5.41, 5.74) is 1.11. The van der Waals surface area contributed by atoms with Gasteiger partial charge < -0.3 is 10.1 Å². The molecule has 2 aromatic rings. The predicted molar refractivity (Wildman–Crippen MR) is 50.3 cm³/mol. The van der Waals surface area contributed by atoms with Crippen molar-refractivity contribution in [3.05, 3.63) is 35.0 Å². The molecule has 13 heavy (non-hydrogen) atoms. The summed E-state index contributed by atoms with van der Waals surface area (Å²) in [4.78, 5) is 13.5. The summed E-state index contributed by atoms with van der Waals surface area (Å²) in [6.45, 7) is 0. The van der Waals surface area contributed by atoms with Crippen LogP contribution in [0.15, 0.2) is 24.3 Å². The molecule has 1 heterocycles. The molecule has 0 saturated heterocycles. The first-order valence-corrected chi connectivity index (χ1v) is 4.06. The Balaban J connectivity index is 2.67. The summed E-state index contributed by atoms with van der Waals surface area (Å²) in [6.07, 6.45) is 0. The summed E-state index contributed by atoms with van der Waals surface area (Å²) in [7, 11) is 0. The van der Waals surface area contributed by atoms with Gasteiger partial charge in [-0.2, -0.15) is 0 Å². The van der Waals surface area contributed by atoms with Crippen molar-refractivity contribution in [1.82, 2.24) is 4.98 Å². The highest BCUT2D eigenvalue weighted by molar-refractivity contribution is 6.30. The predicted octanol–water partition coefficient (Wildman–Crippen LogP) is 2.52. The first-order valence-electron chi connectivity index (χ1n) is 3.68. The first-order chi connectivity index (χ1) is 6.16. The van der Waals surface area contributed by atoms with Crippen LogP contribution in [0, 0.1) is 0 Å². The molecule has 2 N–H and O–H groups in total. The van der Waals surface area contributed by atoms with Gasteiger partial charge in [-0.25, -0.2) is 4.79 Å². The molecule has 2 rings (SSSR count). The van der Waals surface area contributed by atoms with Crippen LogP contribution < -0.4 is 0 Å². The lowest BCUT2D eigenvalue weighted by Gasteiger charge is -1.93. The lowest BCUT2D eigenvalue weighted by atomic mass is 10.1. The maximum Gasteiger partial charge on any atom is 0.335 e. The first kappa shape index (κ1) is 8.13. The average molecular weight is 196 g/mol. The number of hydrogen-bond acceptors (Lipinski definition) is 1. The Hall–Kier alpha value is -1.48. The summed E-state index contributed by atoms with van der Waals surface area (Å²) in [5, 5.41) is 10.0. The van der Waals surface area contributed by atoms with Crippen molar-refractivity contribution in [3.8, 4) is 0 Å². The largest absolute Gasteiger partial charge is 0.478 e. The molecule has 3 nitrogen and oxygen atoms in total.